The summed E-state index contributed by atoms with van der Waals surface area (Å²) in [4.78, 5) is 4.33. The zero-order valence-electron chi connectivity index (χ0n) is 14.0. The molecule has 0 radical (unpaired) electrons. The predicted molar refractivity (Wildman–Crippen MR) is 93.1 cm³/mol. The molecule has 0 aliphatic rings. The lowest BCUT2D eigenvalue weighted by Crippen LogP contribution is -2.18. The average Bonchev–Trinajstić information content (AvgIpc) is 2.52. The fourth-order valence-electron chi connectivity index (χ4n) is 3.00. The summed E-state index contributed by atoms with van der Waals surface area (Å²) in [6.07, 6.45) is 9.98. The van der Waals surface area contributed by atoms with Crippen LogP contribution in [0.15, 0.2) is 42.7 Å². The van der Waals surface area contributed by atoms with Crippen LogP contribution in [0.3, 0.4) is 0 Å². The standard InChI is InChI=1S/C20H27NO/c1-4-5-6-9-13-20(2,3)18-15-21-14-12-16(18)17-10-7-8-11-19(17)22/h7-8,10-12,14-15,22H,4-6,9,13H2,1-3H3. The van der Waals surface area contributed by atoms with Gasteiger partial charge in [0.15, 0.2) is 0 Å². The molecule has 2 rings (SSSR count). The summed E-state index contributed by atoms with van der Waals surface area (Å²) in [6, 6.07) is 9.55. The van der Waals surface area contributed by atoms with Crippen molar-refractivity contribution in [3.63, 3.8) is 0 Å². The van der Waals surface area contributed by atoms with E-state index in [1.807, 2.05) is 30.5 Å². The molecule has 1 aromatic carbocycles. The topological polar surface area (TPSA) is 33.1 Å². The van der Waals surface area contributed by atoms with Crippen molar-refractivity contribution in [2.24, 2.45) is 0 Å². The maximum absolute atomic E-state index is 10.2. The van der Waals surface area contributed by atoms with E-state index in [0.29, 0.717) is 5.75 Å². The Labute approximate surface area is 134 Å². The van der Waals surface area contributed by atoms with E-state index in [9.17, 15) is 5.11 Å². The maximum Gasteiger partial charge on any atom is 0.123 e. The molecular weight excluding hydrogens is 270 g/mol. The molecule has 0 aliphatic carbocycles. The third-order valence-electron chi connectivity index (χ3n) is 4.40. The van der Waals surface area contributed by atoms with E-state index in [1.165, 1.54) is 31.2 Å². The van der Waals surface area contributed by atoms with Crippen molar-refractivity contribution >= 4 is 0 Å². The van der Waals surface area contributed by atoms with Gasteiger partial charge in [-0.1, -0.05) is 64.7 Å². The molecule has 0 bridgehead atoms. The third-order valence-corrected chi connectivity index (χ3v) is 4.40. The van der Waals surface area contributed by atoms with Gasteiger partial charge >= 0.3 is 0 Å². The SMILES string of the molecule is CCCCCCC(C)(C)c1cnccc1-c1ccccc1O. The number of aromatic hydroxyl groups is 1. The van der Waals surface area contributed by atoms with Crippen LogP contribution < -0.4 is 0 Å². The summed E-state index contributed by atoms with van der Waals surface area (Å²) in [5, 5.41) is 10.2. The van der Waals surface area contributed by atoms with Crippen molar-refractivity contribution in [2.45, 2.75) is 58.3 Å². The van der Waals surface area contributed by atoms with Crippen LogP contribution >= 0.6 is 0 Å². The van der Waals surface area contributed by atoms with Crippen LogP contribution in [0.4, 0.5) is 0 Å². The molecule has 118 valence electrons. The van der Waals surface area contributed by atoms with Gasteiger partial charge in [0.1, 0.15) is 5.75 Å². The van der Waals surface area contributed by atoms with E-state index < -0.39 is 0 Å². The number of rotatable bonds is 7. The Morgan fingerprint density at radius 3 is 2.50 bits per heavy atom. The summed E-state index contributed by atoms with van der Waals surface area (Å²) in [7, 11) is 0. The molecule has 1 N–H and O–H groups in total. The number of para-hydroxylation sites is 1. The number of phenolic OH excluding ortho intramolecular Hbond substituents is 1. The molecule has 0 saturated carbocycles. The first-order valence-corrected chi connectivity index (χ1v) is 8.29. The zero-order valence-corrected chi connectivity index (χ0v) is 14.0. The number of benzene rings is 1. The summed E-state index contributed by atoms with van der Waals surface area (Å²) in [5.74, 6) is 0.330. The van der Waals surface area contributed by atoms with E-state index in [4.69, 9.17) is 0 Å². The van der Waals surface area contributed by atoms with E-state index in [0.717, 1.165) is 17.5 Å². The van der Waals surface area contributed by atoms with E-state index in [2.05, 4.69) is 25.8 Å². The highest BCUT2D eigenvalue weighted by molar-refractivity contribution is 5.73. The lowest BCUT2D eigenvalue weighted by molar-refractivity contribution is 0.445. The van der Waals surface area contributed by atoms with Gasteiger partial charge in [0.25, 0.3) is 0 Å². The molecule has 2 nitrogen and oxygen atoms in total. The molecule has 0 aliphatic heterocycles. The van der Waals surface area contributed by atoms with Crippen LogP contribution in [0.5, 0.6) is 5.75 Å². The molecule has 2 aromatic rings. The molecule has 0 fully saturated rings. The van der Waals surface area contributed by atoms with E-state index in [-0.39, 0.29) is 5.41 Å². The first kappa shape index (κ1) is 16.5. The molecule has 22 heavy (non-hydrogen) atoms. The number of hydrogen-bond donors (Lipinski definition) is 1. The van der Waals surface area contributed by atoms with Gasteiger partial charge in [-0.25, -0.2) is 0 Å². The van der Waals surface area contributed by atoms with Crippen molar-refractivity contribution in [3.8, 4) is 16.9 Å². The summed E-state index contributed by atoms with van der Waals surface area (Å²) < 4.78 is 0. The van der Waals surface area contributed by atoms with Crippen LogP contribution in [0.25, 0.3) is 11.1 Å². The van der Waals surface area contributed by atoms with Gasteiger partial charge in [-0.2, -0.15) is 0 Å². The Morgan fingerprint density at radius 1 is 1.00 bits per heavy atom. The van der Waals surface area contributed by atoms with Crippen molar-refractivity contribution < 1.29 is 5.11 Å². The maximum atomic E-state index is 10.2. The van der Waals surface area contributed by atoms with Gasteiger partial charge < -0.3 is 5.11 Å². The summed E-state index contributed by atoms with van der Waals surface area (Å²) in [5.41, 5.74) is 3.25. The first-order valence-electron chi connectivity index (χ1n) is 8.29. The second-order valence-corrected chi connectivity index (χ2v) is 6.63. The Bertz CT molecular complexity index is 604. The second kappa shape index (κ2) is 7.44. The highest BCUT2D eigenvalue weighted by Gasteiger charge is 2.24. The molecule has 0 amide bonds. The first-order chi connectivity index (χ1) is 10.6. The minimum absolute atomic E-state index is 0.0552. The van der Waals surface area contributed by atoms with Crippen molar-refractivity contribution in [1.82, 2.24) is 4.98 Å². The highest BCUT2D eigenvalue weighted by Crippen LogP contribution is 2.38. The van der Waals surface area contributed by atoms with Crippen molar-refractivity contribution in [2.75, 3.05) is 0 Å². The summed E-state index contributed by atoms with van der Waals surface area (Å²) in [6.45, 7) is 6.79. The van der Waals surface area contributed by atoms with Gasteiger partial charge in [-0.05, 0) is 35.1 Å². The Hall–Kier alpha value is -1.83. The molecule has 0 atom stereocenters. The van der Waals surface area contributed by atoms with Crippen LogP contribution in [0, 0.1) is 0 Å². The minimum atomic E-state index is 0.0552. The normalized spacial score (nSPS) is 11.6. The van der Waals surface area contributed by atoms with Crippen LogP contribution in [-0.2, 0) is 5.41 Å². The lowest BCUT2D eigenvalue weighted by Gasteiger charge is -2.28. The number of unbranched alkanes of at least 4 members (excludes halogenated alkanes) is 3. The monoisotopic (exact) mass is 297 g/mol. The summed E-state index contributed by atoms with van der Waals surface area (Å²) >= 11 is 0. The number of nitrogens with zero attached hydrogens (tertiary/aromatic N) is 1. The van der Waals surface area contributed by atoms with Crippen LogP contribution in [0.1, 0.15) is 58.4 Å². The Kier molecular flexibility index (Phi) is 5.59. The van der Waals surface area contributed by atoms with Crippen molar-refractivity contribution in [1.29, 1.82) is 0 Å². The fourth-order valence-corrected chi connectivity index (χ4v) is 3.00. The molecule has 0 unspecified atom stereocenters. The molecule has 0 spiro atoms. The van der Waals surface area contributed by atoms with Gasteiger partial charge in [-0.15, -0.1) is 0 Å². The number of phenols is 1. The quantitative estimate of drug-likeness (QED) is 0.665. The predicted octanol–water partition coefficient (Wildman–Crippen LogP) is 5.70. The van der Waals surface area contributed by atoms with Gasteiger partial charge in [0.05, 0.1) is 0 Å². The largest absolute Gasteiger partial charge is 0.507 e. The van der Waals surface area contributed by atoms with Gasteiger partial charge in [0.2, 0.25) is 0 Å². The van der Waals surface area contributed by atoms with Crippen LogP contribution in [-0.4, -0.2) is 10.1 Å². The second-order valence-electron chi connectivity index (χ2n) is 6.63. The van der Waals surface area contributed by atoms with Gasteiger partial charge in [0, 0.05) is 18.0 Å². The molecule has 2 heteroatoms. The lowest BCUT2D eigenvalue weighted by atomic mass is 9.77. The van der Waals surface area contributed by atoms with E-state index >= 15 is 0 Å². The molecule has 1 heterocycles. The van der Waals surface area contributed by atoms with Gasteiger partial charge in [-0.3, -0.25) is 4.98 Å². The zero-order chi connectivity index (χ0) is 16.0. The molecule has 0 saturated heterocycles. The fraction of sp³-hybridized carbons (Fsp3) is 0.450. The smallest absolute Gasteiger partial charge is 0.123 e. The Morgan fingerprint density at radius 2 is 1.77 bits per heavy atom. The van der Waals surface area contributed by atoms with Crippen molar-refractivity contribution in [3.05, 3.63) is 48.3 Å². The molecule has 1 aromatic heterocycles. The molecular formula is C20H27NO. The minimum Gasteiger partial charge on any atom is -0.507 e. The number of pyridine rings is 1. The third kappa shape index (κ3) is 3.88. The average molecular weight is 297 g/mol. The number of aromatic nitrogens is 1. The van der Waals surface area contributed by atoms with E-state index in [1.54, 1.807) is 12.3 Å². The number of hydrogen-bond acceptors (Lipinski definition) is 2. The van der Waals surface area contributed by atoms with Crippen LogP contribution in [0.2, 0.25) is 0 Å². The highest BCUT2D eigenvalue weighted by atomic mass is 16.3. The Balaban J connectivity index is 2.30.